The van der Waals surface area contributed by atoms with E-state index in [4.69, 9.17) is 0 Å². The number of hydrogen-bond acceptors (Lipinski definition) is 1. The van der Waals surface area contributed by atoms with Crippen LogP contribution in [0.5, 0.6) is 0 Å². The quantitative estimate of drug-likeness (QED) is 0.631. The van der Waals surface area contributed by atoms with Crippen molar-refractivity contribution in [2.24, 2.45) is 10.9 Å². The molecule has 106 valence electrons. The van der Waals surface area contributed by atoms with E-state index in [2.05, 4.69) is 67.6 Å². The van der Waals surface area contributed by atoms with Gasteiger partial charge in [0, 0.05) is 13.6 Å². The van der Waals surface area contributed by atoms with Crippen LogP contribution in [0.4, 0.5) is 0 Å². The van der Waals surface area contributed by atoms with Gasteiger partial charge in [-0.25, -0.2) is 0 Å². The molecule has 0 heterocycles. The number of nitrogens with one attached hydrogen (secondary N) is 2. The van der Waals surface area contributed by atoms with Crippen molar-refractivity contribution in [3.05, 3.63) is 35.4 Å². The Hall–Kier alpha value is -1.51. The van der Waals surface area contributed by atoms with Crippen molar-refractivity contribution < 1.29 is 0 Å². The fourth-order valence-corrected chi connectivity index (χ4v) is 2.06. The molecule has 0 fully saturated rings. The largest absolute Gasteiger partial charge is 0.357 e. The van der Waals surface area contributed by atoms with Crippen molar-refractivity contribution >= 4 is 5.96 Å². The molecule has 0 radical (unpaired) electrons. The van der Waals surface area contributed by atoms with E-state index in [1.54, 1.807) is 7.05 Å². The summed E-state index contributed by atoms with van der Waals surface area (Å²) in [6.07, 6.45) is 1.14. The van der Waals surface area contributed by atoms with E-state index in [1.807, 2.05) is 0 Å². The van der Waals surface area contributed by atoms with Crippen LogP contribution in [0.3, 0.4) is 0 Å². The fourth-order valence-electron chi connectivity index (χ4n) is 2.06. The van der Waals surface area contributed by atoms with Gasteiger partial charge >= 0.3 is 0 Å². The standard InChI is InChI=1S/C16H27N3/c1-6-18-16(17-5)19-13(4)15-9-7-14(8-10-15)11-12(2)3/h7-10,12-13H,6,11H2,1-5H3,(H2,17,18,19). The molecule has 0 amide bonds. The highest BCUT2D eigenvalue weighted by atomic mass is 15.2. The average molecular weight is 261 g/mol. The molecule has 1 unspecified atom stereocenters. The molecule has 2 N–H and O–H groups in total. The van der Waals surface area contributed by atoms with Crippen molar-refractivity contribution in [3.63, 3.8) is 0 Å². The molecule has 1 atom stereocenters. The summed E-state index contributed by atoms with van der Waals surface area (Å²) in [6.45, 7) is 9.59. The molecule has 0 saturated heterocycles. The van der Waals surface area contributed by atoms with E-state index in [0.29, 0.717) is 5.92 Å². The van der Waals surface area contributed by atoms with Crippen LogP contribution in [0.1, 0.15) is 44.9 Å². The van der Waals surface area contributed by atoms with Crippen molar-refractivity contribution in [2.75, 3.05) is 13.6 Å². The third kappa shape index (κ3) is 5.33. The van der Waals surface area contributed by atoms with Crippen LogP contribution >= 0.6 is 0 Å². The molecule has 1 rings (SSSR count). The maximum Gasteiger partial charge on any atom is 0.191 e. The molecular formula is C16H27N3. The van der Waals surface area contributed by atoms with Gasteiger partial charge in [-0.05, 0) is 37.3 Å². The maximum absolute atomic E-state index is 4.19. The van der Waals surface area contributed by atoms with Gasteiger partial charge in [0.25, 0.3) is 0 Å². The van der Waals surface area contributed by atoms with Gasteiger partial charge in [-0.3, -0.25) is 4.99 Å². The predicted molar refractivity (Wildman–Crippen MR) is 83.6 cm³/mol. The first-order valence-corrected chi connectivity index (χ1v) is 7.12. The Morgan fingerprint density at radius 2 is 1.79 bits per heavy atom. The summed E-state index contributed by atoms with van der Waals surface area (Å²) < 4.78 is 0. The Balaban J connectivity index is 2.64. The van der Waals surface area contributed by atoms with Crippen LogP contribution in [-0.4, -0.2) is 19.6 Å². The lowest BCUT2D eigenvalue weighted by atomic mass is 10.00. The van der Waals surface area contributed by atoms with Gasteiger partial charge in [-0.15, -0.1) is 0 Å². The number of benzene rings is 1. The maximum atomic E-state index is 4.19. The van der Waals surface area contributed by atoms with Crippen molar-refractivity contribution in [1.29, 1.82) is 0 Å². The van der Waals surface area contributed by atoms with E-state index in [-0.39, 0.29) is 6.04 Å². The fraction of sp³-hybridized carbons (Fsp3) is 0.562. The monoisotopic (exact) mass is 261 g/mol. The summed E-state index contributed by atoms with van der Waals surface area (Å²) in [5, 5.41) is 6.59. The Bertz CT molecular complexity index is 393. The summed E-state index contributed by atoms with van der Waals surface area (Å²) in [5.41, 5.74) is 2.69. The average Bonchev–Trinajstić information content (AvgIpc) is 2.38. The second-order valence-corrected chi connectivity index (χ2v) is 5.31. The number of nitrogens with zero attached hydrogens (tertiary/aromatic N) is 1. The molecule has 0 aliphatic heterocycles. The third-order valence-electron chi connectivity index (χ3n) is 3.04. The van der Waals surface area contributed by atoms with Crippen LogP contribution < -0.4 is 10.6 Å². The summed E-state index contributed by atoms with van der Waals surface area (Å²) in [7, 11) is 1.80. The zero-order valence-electron chi connectivity index (χ0n) is 12.8. The zero-order chi connectivity index (χ0) is 14.3. The summed E-state index contributed by atoms with van der Waals surface area (Å²) in [6, 6.07) is 9.11. The van der Waals surface area contributed by atoms with Gasteiger partial charge in [0.15, 0.2) is 5.96 Å². The minimum absolute atomic E-state index is 0.255. The first kappa shape index (κ1) is 15.5. The van der Waals surface area contributed by atoms with E-state index in [0.717, 1.165) is 18.9 Å². The normalized spacial score (nSPS) is 13.5. The van der Waals surface area contributed by atoms with Crippen LogP contribution in [0.25, 0.3) is 0 Å². The first-order valence-electron chi connectivity index (χ1n) is 7.12. The first-order chi connectivity index (χ1) is 9.06. The molecule has 3 heteroatoms. The molecule has 3 nitrogen and oxygen atoms in total. The Morgan fingerprint density at radius 1 is 1.16 bits per heavy atom. The molecule has 1 aromatic carbocycles. The van der Waals surface area contributed by atoms with Crippen LogP contribution in [0.15, 0.2) is 29.3 Å². The number of hydrogen-bond donors (Lipinski definition) is 2. The molecule has 0 bridgehead atoms. The topological polar surface area (TPSA) is 36.4 Å². The van der Waals surface area contributed by atoms with Gasteiger partial charge in [0.2, 0.25) is 0 Å². The van der Waals surface area contributed by atoms with Gasteiger partial charge in [0.1, 0.15) is 0 Å². The molecule has 0 saturated carbocycles. The molecule has 0 aromatic heterocycles. The van der Waals surface area contributed by atoms with E-state index in [9.17, 15) is 0 Å². The van der Waals surface area contributed by atoms with Gasteiger partial charge in [-0.1, -0.05) is 38.1 Å². The molecular weight excluding hydrogens is 234 g/mol. The second-order valence-electron chi connectivity index (χ2n) is 5.31. The predicted octanol–water partition coefficient (Wildman–Crippen LogP) is 3.13. The molecule has 1 aromatic rings. The number of guanidine groups is 1. The smallest absolute Gasteiger partial charge is 0.191 e. The lowest BCUT2D eigenvalue weighted by Gasteiger charge is -2.18. The summed E-state index contributed by atoms with van der Waals surface area (Å²) >= 11 is 0. The summed E-state index contributed by atoms with van der Waals surface area (Å²) in [4.78, 5) is 4.19. The van der Waals surface area contributed by atoms with Gasteiger partial charge < -0.3 is 10.6 Å². The van der Waals surface area contributed by atoms with Crippen molar-refractivity contribution in [3.8, 4) is 0 Å². The van der Waals surface area contributed by atoms with Crippen LogP contribution in [0.2, 0.25) is 0 Å². The highest BCUT2D eigenvalue weighted by Gasteiger charge is 2.07. The van der Waals surface area contributed by atoms with Crippen molar-refractivity contribution in [1.82, 2.24) is 10.6 Å². The summed E-state index contributed by atoms with van der Waals surface area (Å²) in [5.74, 6) is 1.55. The molecule has 19 heavy (non-hydrogen) atoms. The zero-order valence-corrected chi connectivity index (χ0v) is 12.8. The van der Waals surface area contributed by atoms with E-state index >= 15 is 0 Å². The minimum atomic E-state index is 0.255. The Kier molecular flexibility index (Phi) is 6.40. The molecule has 0 spiro atoms. The number of aliphatic imine (C=N–C) groups is 1. The van der Waals surface area contributed by atoms with Gasteiger partial charge in [-0.2, -0.15) is 0 Å². The van der Waals surface area contributed by atoms with Gasteiger partial charge in [0.05, 0.1) is 6.04 Å². The van der Waals surface area contributed by atoms with Crippen molar-refractivity contribution in [2.45, 2.75) is 40.2 Å². The Morgan fingerprint density at radius 3 is 2.26 bits per heavy atom. The molecule has 0 aliphatic carbocycles. The highest BCUT2D eigenvalue weighted by molar-refractivity contribution is 5.80. The van der Waals surface area contributed by atoms with Crippen LogP contribution in [-0.2, 0) is 6.42 Å². The van der Waals surface area contributed by atoms with Crippen LogP contribution in [0, 0.1) is 5.92 Å². The third-order valence-corrected chi connectivity index (χ3v) is 3.04. The lowest BCUT2D eigenvalue weighted by Crippen LogP contribution is -2.38. The highest BCUT2D eigenvalue weighted by Crippen LogP contribution is 2.15. The molecule has 0 aliphatic rings. The Labute approximate surface area is 117 Å². The minimum Gasteiger partial charge on any atom is -0.357 e. The van der Waals surface area contributed by atoms with E-state index < -0.39 is 0 Å². The number of rotatable bonds is 5. The second kappa shape index (κ2) is 7.82. The lowest BCUT2D eigenvalue weighted by molar-refractivity contribution is 0.645. The SMILES string of the molecule is CCNC(=NC)NC(C)c1ccc(CC(C)C)cc1. The van der Waals surface area contributed by atoms with E-state index in [1.165, 1.54) is 11.1 Å².